The highest BCUT2D eigenvalue weighted by Gasteiger charge is 2.18. The number of rotatable bonds is 1. The minimum atomic E-state index is 0.446. The predicted octanol–water partition coefficient (Wildman–Crippen LogP) is 2.84. The quantitative estimate of drug-likeness (QED) is 0.740. The van der Waals surface area contributed by atoms with Crippen LogP contribution in [0, 0.1) is 12.8 Å². The lowest BCUT2D eigenvalue weighted by Crippen LogP contribution is -2.25. The summed E-state index contributed by atoms with van der Waals surface area (Å²) in [6, 6.07) is 8.49. The molecule has 2 heteroatoms. The number of allylic oxidation sites excluding steroid dienone is 1. The molecule has 0 radical (unpaired) electrons. The Labute approximate surface area is 90.7 Å². The lowest BCUT2D eigenvalue weighted by atomic mass is 9.93. The normalized spacial score (nSPS) is 20.8. The molecule has 0 amide bonds. The Morgan fingerprint density at radius 3 is 2.60 bits per heavy atom. The molecule has 0 fully saturated rings. The Balaban J connectivity index is 2.31. The highest BCUT2D eigenvalue weighted by molar-refractivity contribution is 6.02. The number of benzene rings is 1. The monoisotopic (exact) mass is 200 g/mol. The van der Waals surface area contributed by atoms with Crippen LogP contribution in [0.3, 0.4) is 0 Å². The van der Waals surface area contributed by atoms with Crippen LogP contribution in [0.2, 0.25) is 0 Å². The first-order valence-corrected chi connectivity index (χ1v) is 5.25. The zero-order valence-corrected chi connectivity index (χ0v) is 9.25. The number of nitrogens with one attached hydrogen (secondary N) is 1. The van der Waals surface area contributed by atoms with Gasteiger partial charge in [-0.05, 0) is 18.9 Å². The summed E-state index contributed by atoms with van der Waals surface area (Å²) in [4.78, 5) is 0. The molecule has 0 aliphatic carbocycles. The van der Waals surface area contributed by atoms with Crippen LogP contribution >= 0.6 is 0 Å². The number of hydrazone groups is 1. The van der Waals surface area contributed by atoms with Gasteiger partial charge in [0, 0.05) is 11.6 Å². The van der Waals surface area contributed by atoms with Crippen molar-refractivity contribution < 1.29 is 0 Å². The van der Waals surface area contributed by atoms with Crippen LogP contribution in [0.15, 0.2) is 41.6 Å². The Morgan fingerprint density at radius 2 is 2.00 bits per heavy atom. The minimum Gasteiger partial charge on any atom is -0.283 e. The van der Waals surface area contributed by atoms with Gasteiger partial charge in [0.05, 0.1) is 5.71 Å². The van der Waals surface area contributed by atoms with Crippen LogP contribution < -0.4 is 5.43 Å². The van der Waals surface area contributed by atoms with E-state index in [9.17, 15) is 0 Å². The van der Waals surface area contributed by atoms with E-state index in [0.29, 0.717) is 5.92 Å². The van der Waals surface area contributed by atoms with E-state index in [1.165, 1.54) is 11.1 Å². The summed E-state index contributed by atoms with van der Waals surface area (Å²) < 4.78 is 0. The summed E-state index contributed by atoms with van der Waals surface area (Å²) in [5.41, 5.74) is 7.57. The van der Waals surface area contributed by atoms with Gasteiger partial charge < -0.3 is 0 Å². The molecule has 2 rings (SSSR count). The van der Waals surface area contributed by atoms with Crippen LogP contribution in [0.4, 0.5) is 0 Å². The van der Waals surface area contributed by atoms with Crippen LogP contribution in [0.1, 0.15) is 24.5 Å². The molecular formula is C13H16N2. The minimum absolute atomic E-state index is 0.446. The van der Waals surface area contributed by atoms with E-state index in [4.69, 9.17) is 0 Å². The molecule has 15 heavy (non-hydrogen) atoms. The molecule has 0 saturated carbocycles. The van der Waals surface area contributed by atoms with Crippen molar-refractivity contribution in [3.8, 4) is 0 Å². The SMILES string of the molecule is C=C1C[C@@H](C)C(c2ccc(C)cc2)=NN1. The molecule has 0 spiro atoms. The lowest BCUT2D eigenvalue weighted by molar-refractivity contribution is 0.653. The average Bonchev–Trinajstić information content (AvgIpc) is 2.20. The van der Waals surface area contributed by atoms with Gasteiger partial charge in [-0.3, -0.25) is 5.43 Å². The largest absolute Gasteiger partial charge is 0.283 e. The first-order chi connectivity index (χ1) is 7.16. The molecule has 1 atom stereocenters. The topological polar surface area (TPSA) is 24.4 Å². The molecule has 1 aromatic carbocycles. The molecule has 1 aromatic rings. The van der Waals surface area contributed by atoms with Gasteiger partial charge in [0.25, 0.3) is 0 Å². The summed E-state index contributed by atoms with van der Waals surface area (Å²) in [6.07, 6.45) is 0.965. The van der Waals surface area contributed by atoms with Crippen LogP contribution in [-0.2, 0) is 0 Å². The molecule has 1 N–H and O–H groups in total. The average molecular weight is 200 g/mol. The molecule has 0 unspecified atom stereocenters. The fraction of sp³-hybridized carbons (Fsp3) is 0.308. The Bertz CT molecular complexity index is 401. The Morgan fingerprint density at radius 1 is 1.33 bits per heavy atom. The third-order valence-corrected chi connectivity index (χ3v) is 2.70. The van der Waals surface area contributed by atoms with Crippen LogP contribution in [0.5, 0.6) is 0 Å². The first-order valence-electron chi connectivity index (χ1n) is 5.25. The first kappa shape index (κ1) is 9.97. The number of hydrogen-bond donors (Lipinski definition) is 1. The maximum Gasteiger partial charge on any atom is 0.0711 e. The molecule has 1 aliphatic rings. The van der Waals surface area contributed by atoms with Gasteiger partial charge in [0.15, 0.2) is 0 Å². The number of nitrogens with zero attached hydrogens (tertiary/aromatic N) is 1. The van der Waals surface area contributed by atoms with Gasteiger partial charge in [-0.1, -0.05) is 43.3 Å². The summed E-state index contributed by atoms with van der Waals surface area (Å²) in [5, 5.41) is 4.36. The standard InChI is InChI=1S/C13H16N2/c1-9-4-6-12(7-5-9)13-10(2)8-11(3)14-15-13/h4-7,10,14H,3,8H2,1-2H3/t10-/m1/s1. The van der Waals surface area contributed by atoms with Gasteiger partial charge in [-0.15, -0.1) is 0 Å². The van der Waals surface area contributed by atoms with E-state index < -0.39 is 0 Å². The fourth-order valence-corrected chi connectivity index (χ4v) is 1.83. The maximum atomic E-state index is 4.36. The number of hydrogen-bond acceptors (Lipinski definition) is 2. The van der Waals surface area contributed by atoms with Crippen LogP contribution in [-0.4, -0.2) is 5.71 Å². The van der Waals surface area contributed by atoms with E-state index in [1.54, 1.807) is 0 Å². The van der Waals surface area contributed by atoms with Crippen molar-refractivity contribution in [2.24, 2.45) is 11.0 Å². The third-order valence-electron chi connectivity index (χ3n) is 2.70. The predicted molar refractivity (Wildman–Crippen MR) is 63.8 cm³/mol. The zero-order chi connectivity index (χ0) is 10.8. The van der Waals surface area contributed by atoms with Crippen molar-refractivity contribution in [2.75, 3.05) is 0 Å². The molecule has 0 bridgehead atoms. The maximum absolute atomic E-state index is 4.36. The highest BCUT2D eigenvalue weighted by atomic mass is 15.3. The molecule has 0 aromatic heterocycles. The van der Waals surface area contributed by atoms with Gasteiger partial charge >= 0.3 is 0 Å². The van der Waals surface area contributed by atoms with Crippen molar-refractivity contribution in [1.29, 1.82) is 0 Å². The van der Waals surface area contributed by atoms with E-state index in [0.717, 1.165) is 17.8 Å². The van der Waals surface area contributed by atoms with Crippen molar-refractivity contribution >= 4 is 5.71 Å². The van der Waals surface area contributed by atoms with E-state index in [2.05, 4.69) is 55.2 Å². The Hall–Kier alpha value is -1.57. The molecular weight excluding hydrogens is 184 g/mol. The van der Waals surface area contributed by atoms with Gasteiger partial charge in [0.1, 0.15) is 0 Å². The summed E-state index contributed by atoms with van der Waals surface area (Å²) in [5.74, 6) is 0.446. The second kappa shape index (κ2) is 3.89. The zero-order valence-electron chi connectivity index (χ0n) is 9.25. The van der Waals surface area contributed by atoms with Crippen molar-refractivity contribution in [3.63, 3.8) is 0 Å². The van der Waals surface area contributed by atoms with Crippen LogP contribution in [0.25, 0.3) is 0 Å². The van der Waals surface area contributed by atoms with Gasteiger partial charge in [-0.2, -0.15) is 5.10 Å². The summed E-state index contributed by atoms with van der Waals surface area (Å²) >= 11 is 0. The van der Waals surface area contributed by atoms with E-state index >= 15 is 0 Å². The summed E-state index contributed by atoms with van der Waals surface area (Å²) in [7, 11) is 0. The Kier molecular flexibility index (Phi) is 2.58. The second-order valence-corrected chi connectivity index (χ2v) is 4.18. The third kappa shape index (κ3) is 2.09. The van der Waals surface area contributed by atoms with Gasteiger partial charge in [0.2, 0.25) is 0 Å². The molecule has 1 aliphatic heterocycles. The summed E-state index contributed by atoms with van der Waals surface area (Å²) in [6.45, 7) is 8.17. The van der Waals surface area contributed by atoms with Crippen molar-refractivity contribution in [3.05, 3.63) is 47.7 Å². The number of aryl methyl sites for hydroxylation is 1. The second-order valence-electron chi connectivity index (χ2n) is 4.18. The molecule has 0 saturated heterocycles. The highest BCUT2D eigenvalue weighted by Crippen LogP contribution is 2.19. The van der Waals surface area contributed by atoms with E-state index in [-0.39, 0.29) is 0 Å². The molecule has 2 nitrogen and oxygen atoms in total. The fourth-order valence-electron chi connectivity index (χ4n) is 1.83. The molecule has 78 valence electrons. The van der Waals surface area contributed by atoms with Gasteiger partial charge in [-0.25, -0.2) is 0 Å². The smallest absolute Gasteiger partial charge is 0.0711 e. The van der Waals surface area contributed by atoms with E-state index in [1.807, 2.05) is 0 Å². The lowest BCUT2D eigenvalue weighted by Gasteiger charge is -2.21. The van der Waals surface area contributed by atoms with Crippen molar-refractivity contribution in [1.82, 2.24) is 5.43 Å². The van der Waals surface area contributed by atoms with Crippen molar-refractivity contribution in [2.45, 2.75) is 20.3 Å². The molecule has 1 heterocycles.